The highest BCUT2D eigenvalue weighted by atomic mass is 35.5. The zero-order valence-corrected chi connectivity index (χ0v) is 17.0. The number of rotatable bonds is 8. The third-order valence-electron chi connectivity index (χ3n) is 3.91. The van der Waals surface area contributed by atoms with E-state index in [0.29, 0.717) is 22.0 Å². The maximum atomic E-state index is 12.5. The van der Waals surface area contributed by atoms with E-state index in [0.717, 1.165) is 10.6 Å². The molecule has 0 heterocycles. The van der Waals surface area contributed by atoms with Crippen molar-refractivity contribution < 1.29 is 17.9 Å². The molecule has 2 rings (SSSR count). The number of anilines is 1. The number of aryl methyl sites for hydroxylation is 1. The highest BCUT2D eigenvalue weighted by Gasteiger charge is 2.30. The average molecular weight is 411 g/mol. The van der Waals surface area contributed by atoms with Crippen LogP contribution in [0, 0.1) is 6.92 Å². The number of carbonyl (C=O) groups is 1. The minimum absolute atomic E-state index is 0.254. The molecule has 146 valence electrons. The number of nitrogens with one attached hydrogen (secondary N) is 1. The van der Waals surface area contributed by atoms with Gasteiger partial charge in [-0.05, 0) is 43.7 Å². The van der Waals surface area contributed by atoms with Gasteiger partial charge in [0.15, 0.2) is 0 Å². The molecule has 0 saturated carbocycles. The Morgan fingerprint density at radius 1 is 1.22 bits per heavy atom. The lowest BCUT2D eigenvalue weighted by Crippen LogP contribution is -2.48. The predicted octanol–water partition coefficient (Wildman–Crippen LogP) is 3.00. The summed E-state index contributed by atoms with van der Waals surface area (Å²) in [5, 5.41) is 3.10. The third kappa shape index (κ3) is 5.87. The number of carbonyl (C=O) groups excluding carboxylic acids is 1. The molecule has 6 nitrogen and oxygen atoms in total. The number of ether oxygens (including phenoxy) is 1. The molecule has 0 unspecified atom stereocenters. The normalized spacial score (nSPS) is 12.3. The van der Waals surface area contributed by atoms with Gasteiger partial charge in [-0.1, -0.05) is 35.9 Å². The highest BCUT2D eigenvalue weighted by molar-refractivity contribution is 7.92. The first kappa shape index (κ1) is 21.1. The maximum absolute atomic E-state index is 12.5. The number of hydrogen-bond acceptors (Lipinski definition) is 4. The van der Waals surface area contributed by atoms with Gasteiger partial charge in [-0.25, -0.2) is 8.42 Å². The fraction of sp³-hybridized carbons (Fsp3) is 0.316. The van der Waals surface area contributed by atoms with Crippen LogP contribution in [0.15, 0.2) is 48.5 Å². The topological polar surface area (TPSA) is 75.7 Å². The lowest BCUT2D eigenvalue weighted by molar-refractivity contribution is -0.121. The van der Waals surface area contributed by atoms with Crippen molar-refractivity contribution in [2.45, 2.75) is 19.9 Å². The molecular weight excluding hydrogens is 388 g/mol. The van der Waals surface area contributed by atoms with Gasteiger partial charge in [0.1, 0.15) is 18.4 Å². The second-order valence-corrected chi connectivity index (χ2v) is 8.41. The van der Waals surface area contributed by atoms with Crippen molar-refractivity contribution in [2.75, 3.05) is 23.7 Å². The summed E-state index contributed by atoms with van der Waals surface area (Å²) in [7, 11) is -3.69. The molecule has 0 saturated heterocycles. The first-order valence-corrected chi connectivity index (χ1v) is 10.6. The number of nitrogens with zero attached hydrogens (tertiary/aromatic N) is 1. The predicted molar refractivity (Wildman–Crippen MR) is 108 cm³/mol. The van der Waals surface area contributed by atoms with Gasteiger partial charge in [0, 0.05) is 5.02 Å². The van der Waals surface area contributed by atoms with Crippen LogP contribution in [-0.4, -0.2) is 39.8 Å². The van der Waals surface area contributed by atoms with Crippen molar-refractivity contribution in [2.24, 2.45) is 0 Å². The standard InChI is InChI=1S/C19H23ClN2O4S/c1-14-9-10-16(20)13-18(14)22(27(3,24)25)15(2)19(23)21-11-12-26-17-7-5-4-6-8-17/h4-10,13,15H,11-12H2,1-3H3,(H,21,23)/t15-/m1/s1. The molecule has 0 aliphatic rings. The van der Waals surface area contributed by atoms with Gasteiger partial charge in [0.2, 0.25) is 15.9 Å². The Kier molecular flexibility index (Phi) is 7.10. The molecule has 0 aliphatic heterocycles. The SMILES string of the molecule is Cc1ccc(Cl)cc1N([C@H](C)C(=O)NCCOc1ccccc1)S(C)(=O)=O. The molecule has 0 aliphatic carbocycles. The number of hydrogen-bond donors (Lipinski definition) is 1. The molecule has 0 aromatic heterocycles. The molecule has 8 heteroatoms. The quantitative estimate of drug-likeness (QED) is 0.679. The van der Waals surface area contributed by atoms with E-state index in [1.807, 2.05) is 30.3 Å². The van der Waals surface area contributed by atoms with Crippen LogP contribution in [0.3, 0.4) is 0 Å². The van der Waals surface area contributed by atoms with Crippen molar-refractivity contribution in [1.82, 2.24) is 5.32 Å². The summed E-state index contributed by atoms with van der Waals surface area (Å²) in [6.45, 7) is 3.83. The summed E-state index contributed by atoms with van der Waals surface area (Å²) in [4.78, 5) is 12.5. The van der Waals surface area contributed by atoms with E-state index in [9.17, 15) is 13.2 Å². The lowest BCUT2D eigenvalue weighted by Gasteiger charge is -2.29. The zero-order valence-electron chi connectivity index (χ0n) is 15.5. The number of benzene rings is 2. The highest BCUT2D eigenvalue weighted by Crippen LogP contribution is 2.28. The molecule has 1 atom stereocenters. The van der Waals surface area contributed by atoms with Crippen LogP contribution in [0.25, 0.3) is 0 Å². The molecule has 0 fully saturated rings. The average Bonchev–Trinajstić information content (AvgIpc) is 2.61. The molecule has 1 amide bonds. The molecule has 1 N–H and O–H groups in total. The van der Waals surface area contributed by atoms with E-state index in [1.165, 1.54) is 6.92 Å². The van der Waals surface area contributed by atoms with Gasteiger partial charge < -0.3 is 10.1 Å². The smallest absolute Gasteiger partial charge is 0.243 e. The van der Waals surface area contributed by atoms with Gasteiger partial charge in [0.05, 0.1) is 18.5 Å². The van der Waals surface area contributed by atoms with Crippen molar-refractivity contribution >= 4 is 33.2 Å². The molecule has 0 bridgehead atoms. The summed E-state index contributed by atoms with van der Waals surface area (Å²) < 4.78 is 31.3. The molecule has 0 spiro atoms. The molecule has 0 radical (unpaired) electrons. The van der Waals surface area contributed by atoms with Gasteiger partial charge in [-0.3, -0.25) is 9.10 Å². The number of sulfonamides is 1. The van der Waals surface area contributed by atoms with E-state index in [-0.39, 0.29) is 13.2 Å². The molecular formula is C19H23ClN2O4S. The number of halogens is 1. The van der Waals surface area contributed by atoms with E-state index < -0.39 is 22.0 Å². The zero-order chi connectivity index (χ0) is 20.0. The Hall–Kier alpha value is -2.25. The maximum Gasteiger partial charge on any atom is 0.243 e. The first-order valence-electron chi connectivity index (χ1n) is 8.41. The van der Waals surface area contributed by atoms with Crippen LogP contribution in [0.1, 0.15) is 12.5 Å². The Bertz CT molecular complexity index is 888. The van der Waals surface area contributed by atoms with Gasteiger partial charge in [-0.2, -0.15) is 0 Å². The Morgan fingerprint density at radius 2 is 1.89 bits per heavy atom. The van der Waals surface area contributed by atoms with E-state index in [4.69, 9.17) is 16.3 Å². The summed E-state index contributed by atoms with van der Waals surface area (Å²) >= 11 is 6.02. The van der Waals surface area contributed by atoms with Crippen LogP contribution >= 0.6 is 11.6 Å². The minimum Gasteiger partial charge on any atom is -0.492 e. The molecule has 2 aromatic carbocycles. The van der Waals surface area contributed by atoms with Crippen LogP contribution in [0.5, 0.6) is 5.75 Å². The summed E-state index contributed by atoms with van der Waals surface area (Å²) in [6.07, 6.45) is 1.07. The molecule has 2 aromatic rings. The van der Waals surface area contributed by atoms with Crippen molar-refractivity contribution in [3.05, 3.63) is 59.1 Å². The van der Waals surface area contributed by atoms with Crippen LogP contribution < -0.4 is 14.4 Å². The monoisotopic (exact) mass is 410 g/mol. The van der Waals surface area contributed by atoms with Crippen molar-refractivity contribution in [3.8, 4) is 5.75 Å². The second-order valence-electron chi connectivity index (χ2n) is 6.12. The Balaban J connectivity index is 2.05. The Morgan fingerprint density at radius 3 is 2.52 bits per heavy atom. The summed E-state index contributed by atoms with van der Waals surface area (Å²) in [5.74, 6) is 0.281. The van der Waals surface area contributed by atoms with Crippen LogP contribution in [-0.2, 0) is 14.8 Å². The third-order valence-corrected chi connectivity index (χ3v) is 5.37. The van der Waals surface area contributed by atoms with Crippen molar-refractivity contribution in [1.29, 1.82) is 0 Å². The fourth-order valence-corrected chi connectivity index (χ4v) is 4.00. The van der Waals surface area contributed by atoms with E-state index >= 15 is 0 Å². The summed E-state index contributed by atoms with van der Waals surface area (Å²) in [5.41, 5.74) is 1.09. The number of para-hydroxylation sites is 1. The molecule has 27 heavy (non-hydrogen) atoms. The minimum atomic E-state index is -3.69. The van der Waals surface area contributed by atoms with Crippen molar-refractivity contribution in [3.63, 3.8) is 0 Å². The number of amides is 1. The Labute approximate surface area is 165 Å². The van der Waals surface area contributed by atoms with Gasteiger partial charge in [0.25, 0.3) is 0 Å². The van der Waals surface area contributed by atoms with Gasteiger partial charge >= 0.3 is 0 Å². The first-order chi connectivity index (χ1) is 12.7. The lowest BCUT2D eigenvalue weighted by atomic mass is 10.2. The van der Waals surface area contributed by atoms with E-state index in [1.54, 1.807) is 25.1 Å². The van der Waals surface area contributed by atoms with E-state index in [2.05, 4.69) is 5.32 Å². The second kappa shape index (κ2) is 9.10. The summed E-state index contributed by atoms with van der Waals surface area (Å²) in [6, 6.07) is 13.2. The van der Waals surface area contributed by atoms with Crippen LogP contribution in [0.4, 0.5) is 5.69 Å². The van der Waals surface area contributed by atoms with Crippen LogP contribution in [0.2, 0.25) is 5.02 Å². The largest absolute Gasteiger partial charge is 0.492 e. The fourth-order valence-electron chi connectivity index (χ4n) is 2.61. The van der Waals surface area contributed by atoms with Gasteiger partial charge in [-0.15, -0.1) is 0 Å².